The topological polar surface area (TPSA) is 123 Å². The normalized spacial score (nSPS) is 15.6. The summed E-state index contributed by atoms with van der Waals surface area (Å²) in [5, 5.41) is 2.14. The lowest BCUT2D eigenvalue weighted by atomic mass is 10.0. The van der Waals surface area contributed by atoms with Gasteiger partial charge in [-0.25, -0.2) is 18.1 Å². The van der Waals surface area contributed by atoms with E-state index in [9.17, 15) is 13.2 Å². The summed E-state index contributed by atoms with van der Waals surface area (Å²) in [5.41, 5.74) is 2.91. The largest absolute Gasteiger partial charge is 0.371 e. The molecule has 42 heavy (non-hydrogen) atoms. The zero-order valence-electron chi connectivity index (χ0n) is 24.7. The summed E-state index contributed by atoms with van der Waals surface area (Å²) in [6.45, 7) is 9.23. The Bertz CT molecular complexity index is 1410. The van der Waals surface area contributed by atoms with E-state index in [1.54, 1.807) is 6.20 Å². The first-order chi connectivity index (χ1) is 20.1. The molecule has 1 aliphatic heterocycles. The summed E-state index contributed by atoms with van der Waals surface area (Å²) in [4.78, 5) is 24.2. The van der Waals surface area contributed by atoms with Crippen molar-refractivity contribution >= 4 is 21.7 Å². The van der Waals surface area contributed by atoms with E-state index >= 15 is 0 Å². The maximum absolute atomic E-state index is 12.3. The fraction of sp³-hybridized carbons (Fsp3) is 0.452. The third-order valence-corrected chi connectivity index (χ3v) is 8.59. The predicted molar refractivity (Wildman–Crippen MR) is 164 cm³/mol. The van der Waals surface area contributed by atoms with Gasteiger partial charge >= 0.3 is 0 Å². The number of hydrogen-bond acceptors (Lipinski definition) is 9. The van der Waals surface area contributed by atoms with Gasteiger partial charge in [-0.3, -0.25) is 15.1 Å². The van der Waals surface area contributed by atoms with Gasteiger partial charge in [-0.2, -0.15) is 0 Å². The minimum absolute atomic E-state index is 0.119. The van der Waals surface area contributed by atoms with Gasteiger partial charge in [-0.05, 0) is 47.1 Å². The number of anilines is 1. The molecule has 2 aromatic carbocycles. The highest BCUT2D eigenvalue weighted by atomic mass is 32.2. The third-order valence-electron chi connectivity index (χ3n) is 6.93. The van der Waals surface area contributed by atoms with Crippen molar-refractivity contribution in [1.29, 1.82) is 0 Å². The third kappa shape index (κ3) is 8.57. The van der Waals surface area contributed by atoms with E-state index in [4.69, 9.17) is 19.4 Å². The molecule has 4 rings (SSSR count). The number of benzene rings is 2. The van der Waals surface area contributed by atoms with Gasteiger partial charge in [0, 0.05) is 23.7 Å². The second-order valence-electron chi connectivity index (χ2n) is 11.2. The number of hydrogen-bond donors (Lipinski definition) is 2. The van der Waals surface area contributed by atoms with Crippen LogP contribution in [0, 0.1) is 0 Å². The number of carbonyl (C=O) groups excluding carboxylic acids is 1. The van der Waals surface area contributed by atoms with Crippen LogP contribution in [0.5, 0.6) is 0 Å². The van der Waals surface area contributed by atoms with Crippen molar-refractivity contribution in [3.63, 3.8) is 0 Å². The van der Waals surface area contributed by atoms with Gasteiger partial charge in [0.15, 0.2) is 0 Å². The van der Waals surface area contributed by atoms with Crippen LogP contribution in [0.1, 0.15) is 40.5 Å². The molecule has 0 saturated carbocycles. The van der Waals surface area contributed by atoms with Crippen molar-refractivity contribution in [3.8, 4) is 22.5 Å². The van der Waals surface area contributed by atoms with Crippen LogP contribution in [-0.4, -0.2) is 74.2 Å². The van der Waals surface area contributed by atoms with Gasteiger partial charge in [-0.15, -0.1) is 0 Å². The average Bonchev–Trinajstić information content (AvgIpc) is 3.52. The molecule has 0 aliphatic carbocycles. The fourth-order valence-electron chi connectivity index (χ4n) is 4.79. The number of carbonyl (C=O) groups is 1. The van der Waals surface area contributed by atoms with Crippen molar-refractivity contribution in [2.75, 3.05) is 37.8 Å². The fourth-order valence-corrected chi connectivity index (χ4v) is 6.12. The summed E-state index contributed by atoms with van der Waals surface area (Å²) in [6, 6.07) is 20.2. The Kier molecular flexibility index (Phi) is 10.7. The maximum Gasteiger partial charge on any atom is 0.259 e. The minimum atomic E-state index is -3.76. The van der Waals surface area contributed by atoms with E-state index in [-0.39, 0.29) is 19.3 Å². The van der Waals surface area contributed by atoms with Crippen molar-refractivity contribution in [3.05, 3.63) is 66.9 Å². The minimum Gasteiger partial charge on any atom is -0.371 e. The molecular formula is C31H41N5O5S. The molecule has 226 valence electrons. The van der Waals surface area contributed by atoms with Crippen LogP contribution in [0.2, 0.25) is 0 Å². The molecule has 0 spiro atoms. The highest BCUT2D eigenvalue weighted by Gasteiger charge is 2.30. The van der Waals surface area contributed by atoms with E-state index in [0.717, 1.165) is 34.8 Å². The van der Waals surface area contributed by atoms with Crippen LogP contribution in [0.15, 0.2) is 66.9 Å². The van der Waals surface area contributed by atoms with Crippen molar-refractivity contribution in [2.24, 2.45) is 0 Å². The Morgan fingerprint density at radius 2 is 1.71 bits per heavy atom. The second kappa shape index (κ2) is 14.2. The molecule has 1 atom stereocenters. The SMILES string of the molecule is CC(C)N(CCOC(C)(C)COCC(=O)NS(=O)(=O)C1CCCN1)c1cnc(-c2ccccc2)c(-c2ccccc2)n1. The number of nitrogens with zero attached hydrogens (tertiary/aromatic N) is 3. The summed E-state index contributed by atoms with van der Waals surface area (Å²) >= 11 is 0. The summed E-state index contributed by atoms with van der Waals surface area (Å²) in [7, 11) is -3.76. The first-order valence-electron chi connectivity index (χ1n) is 14.3. The lowest BCUT2D eigenvalue weighted by Gasteiger charge is -2.31. The number of aromatic nitrogens is 2. The Labute approximate surface area is 248 Å². The average molecular weight is 596 g/mol. The van der Waals surface area contributed by atoms with Crippen LogP contribution in [0.25, 0.3) is 22.5 Å². The monoisotopic (exact) mass is 595 g/mol. The smallest absolute Gasteiger partial charge is 0.259 e. The predicted octanol–water partition coefficient (Wildman–Crippen LogP) is 3.99. The molecule has 1 aliphatic rings. The van der Waals surface area contributed by atoms with Crippen molar-refractivity contribution in [1.82, 2.24) is 20.0 Å². The first kappa shape index (κ1) is 31.6. The highest BCUT2D eigenvalue weighted by molar-refractivity contribution is 7.90. The number of rotatable bonds is 14. The molecule has 11 heteroatoms. The molecule has 1 fully saturated rings. The molecule has 0 radical (unpaired) electrons. The van der Waals surface area contributed by atoms with Gasteiger partial charge in [0.05, 0.1) is 36.4 Å². The zero-order valence-corrected chi connectivity index (χ0v) is 25.6. The molecule has 0 bridgehead atoms. The first-order valence-corrected chi connectivity index (χ1v) is 15.8. The van der Waals surface area contributed by atoms with Crippen molar-refractivity contribution < 1.29 is 22.7 Å². The van der Waals surface area contributed by atoms with E-state index in [0.29, 0.717) is 26.1 Å². The van der Waals surface area contributed by atoms with Crippen molar-refractivity contribution in [2.45, 2.75) is 57.6 Å². The quantitative estimate of drug-likeness (QED) is 0.285. The second-order valence-corrected chi connectivity index (χ2v) is 13.1. The van der Waals surface area contributed by atoms with Gasteiger partial charge in [0.1, 0.15) is 17.8 Å². The Hall–Kier alpha value is -3.38. The van der Waals surface area contributed by atoms with E-state index in [1.165, 1.54) is 0 Å². The summed E-state index contributed by atoms with van der Waals surface area (Å²) < 4.78 is 38.3. The molecule has 2 N–H and O–H groups in total. The number of nitrogens with one attached hydrogen (secondary N) is 2. The zero-order chi connectivity index (χ0) is 30.2. The van der Waals surface area contributed by atoms with Crippen LogP contribution in [0.4, 0.5) is 5.82 Å². The molecule has 1 amide bonds. The Morgan fingerprint density at radius 3 is 2.31 bits per heavy atom. The molecule has 1 saturated heterocycles. The highest BCUT2D eigenvalue weighted by Crippen LogP contribution is 2.31. The molecule has 1 aromatic heterocycles. The van der Waals surface area contributed by atoms with E-state index < -0.39 is 26.9 Å². The van der Waals surface area contributed by atoms with E-state index in [1.807, 2.05) is 74.5 Å². The molecular weight excluding hydrogens is 554 g/mol. The molecule has 3 aromatic rings. The van der Waals surface area contributed by atoms with Gasteiger partial charge in [-0.1, -0.05) is 60.7 Å². The number of amides is 1. The van der Waals surface area contributed by atoms with Crippen LogP contribution < -0.4 is 14.9 Å². The number of ether oxygens (including phenoxy) is 2. The molecule has 10 nitrogen and oxygen atoms in total. The maximum atomic E-state index is 12.3. The Balaban J connectivity index is 1.36. The molecule has 2 heterocycles. The standard InChI is InChI=1S/C31H41N5O5S/c1-23(2)36(18-19-41-31(3,4)22-40-21-27(37)35-42(38,39)28-16-11-17-32-28)26-20-33-29(24-12-7-5-8-13-24)30(34-26)25-14-9-6-10-15-25/h5-10,12-15,20,23,28,32H,11,16-19,21-22H2,1-4H3,(H,35,37). The Morgan fingerprint density at radius 1 is 1.07 bits per heavy atom. The van der Waals surface area contributed by atoms with Crippen LogP contribution >= 0.6 is 0 Å². The van der Waals surface area contributed by atoms with E-state index in [2.05, 4.69) is 28.8 Å². The van der Waals surface area contributed by atoms with Gasteiger partial charge < -0.3 is 14.4 Å². The van der Waals surface area contributed by atoms with Crippen LogP contribution in [0.3, 0.4) is 0 Å². The van der Waals surface area contributed by atoms with Gasteiger partial charge in [0.25, 0.3) is 15.9 Å². The number of sulfonamides is 1. The summed E-state index contributed by atoms with van der Waals surface area (Å²) in [5.74, 6) is 0.0491. The lowest BCUT2D eigenvalue weighted by molar-refractivity contribution is -0.128. The van der Waals surface area contributed by atoms with Gasteiger partial charge in [0.2, 0.25) is 0 Å². The van der Waals surface area contributed by atoms with Crippen LogP contribution in [-0.2, 0) is 24.3 Å². The summed E-state index contributed by atoms with van der Waals surface area (Å²) in [6.07, 6.45) is 3.04. The molecule has 1 unspecified atom stereocenters. The lowest BCUT2D eigenvalue weighted by Crippen LogP contribution is -2.44.